The van der Waals surface area contributed by atoms with Gasteiger partial charge in [0.15, 0.2) is 5.76 Å². The first kappa shape index (κ1) is 25.7. The largest absolute Gasteiger partial charge is 0.459 e. The number of carbonyl (C=O) groups excluding carboxylic acids is 3. The van der Waals surface area contributed by atoms with Gasteiger partial charge in [0, 0.05) is 13.5 Å². The lowest BCUT2D eigenvalue weighted by Crippen LogP contribution is -2.54. The molecule has 0 saturated heterocycles. The molecule has 0 saturated carbocycles. The highest BCUT2D eigenvalue weighted by atomic mass is 32.2. The summed E-state index contributed by atoms with van der Waals surface area (Å²) >= 11 is 0. The summed E-state index contributed by atoms with van der Waals surface area (Å²) in [4.78, 5) is 37.6. The van der Waals surface area contributed by atoms with Gasteiger partial charge in [-0.3, -0.25) is 25.2 Å². The minimum absolute atomic E-state index is 0.0304. The van der Waals surface area contributed by atoms with Crippen LogP contribution in [-0.2, 0) is 26.0 Å². The third kappa shape index (κ3) is 7.01. The average molecular weight is 499 g/mol. The fourth-order valence-electron chi connectivity index (χ4n) is 3.13. The Morgan fingerprint density at radius 1 is 0.943 bits per heavy atom. The molecule has 0 aliphatic rings. The number of hydrogen-bond donors (Lipinski definition) is 3. The zero-order chi connectivity index (χ0) is 25.4. The molecule has 3 aromatic rings. The molecule has 3 N–H and O–H groups in total. The summed E-state index contributed by atoms with van der Waals surface area (Å²) in [5.74, 6) is -2.01. The number of benzene rings is 2. The topological polar surface area (TPSA) is 138 Å². The standard InChI is InChI=1S/C24H26N4O6S/c1-17-10-12-19(13-11-17)35(32,33)28(2)16-22(29)26-27-23(30)20(15-18-7-4-3-5-8-18)25-24(31)21-9-6-14-34-21/h3-14,20H,15-16H2,1-2H3,(H,25,31)(H,26,29)(H,27,30). The van der Waals surface area contributed by atoms with Gasteiger partial charge in [-0.25, -0.2) is 8.42 Å². The van der Waals surface area contributed by atoms with Crippen LogP contribution in [0, 0.1) is 6.92 Å². The van der Waals surface area contributed by atoms with E-state index >= 15 is 0 Å². The number of nitrogens with one attached hydrogen (secondary N) is 3. The number of amides is 3. The van der Waals surface area contributed by atoms with Crippen LogP contribution >= 0.6 is 0 Å². The Hall–Kier alpha value is -3.96. The molecule has 1 heterocycles. The highest BCUT2D eigenvalue weighted by Gasteiger charge is 2.25. The quantitative estimate of drug-likeness (QED) is 0.381. The zero-order valence-electron chi connectivity index (χ0n) is 19.2. The average Bonchev–Trinajstić information content (AvgIpc) is 3.38. The van der Waals surface area contributed by atoms with Gasteiger partial charge >= 0.3 is 0 Å². The number of sulfonamides is 1. The maximum atomic E-state index is 12.8. The van der Waals surface area contributed by atoms with Crippen molar-refractivity contribution in [2.24, 2.45) is 0 Å². The second-order valence-electron chi connectivity index (χ2n) is 7.80. The highest BCUT2D eigenvalue weighted by Crippen LogP contribution is 2.14. The van der Waals surface area contributed by atoms with E-state index in [-0.39, 0.29) is 17.1 Å². The van der Waals surface area contributed by atoms with E-state index in [9.17, 15) is 22.8 Å². The summed E-state index contributed by atoms with van der Waals surface area (Å²) in [7, 11) is -2.63. The number of carbonyl (C=O) groups is 3. The van der Waals surface area contributed by atoms with Gasteiger partial charge in [0.2, 0.25) is 10.0 Å². The SMILES string of the molecule is Cc1ccc(S(=O)(=O)N(C)CC(=O)NNC(=O)C(Cc2ccccc2)NC(=O)c2ccco2)cc1. The molecular formula is C24H26N4O6S. The monoisotopic (exact) mass is 498 g/mol. The smallest absolute Gasteiger partial charge is 0.287 e. The van der Waals surface area contributed by atoms with Gasteiger partial charge in [0.05, 0.1) is 17.7 Å². The molecule has 184 valence electrons. The van der Waals surface area contributed by atoms with E-state index in [0.717, 1.165) is 15.4 Å². The lowest BCUT2D eigenvalue weighted by atomic mass is 10.1. The van der Waals surface area contributed by atoms with Crippen LogP contribution in [0.2, 0.25) is 0 Å². The number of nitrogens with zero attached hydrogens (tertiary/aromatic N) is 1. The van der Waals surface area contributed by atoms with Crippen molar-refractivity contribution in [1.29, 1.82) is 0 Å². The lowest BCUT2D eigenvalue weighted by molar-refractivity contribution is -0.129. The van der Waals surface area contributed by atoms with Crippen LogP contribution in [0.25, 0.3) is 0 Å². The predicted molar refractivity (Wildman–Crippen MR) is 127 cm³/mol. The Morgan fingerprint density at radius 2 is 1.63 bits per heavy atom. The molecule has 11 heteroatoms. The van der Waals surface area contributed by atoms with Crippen molar-refractivity contribution >= 4 is 27.7 Å². The molecule has 0 aliphatic carbocycles. The highest BCUT2D eigenvalue weighted by molar-refractivity contribution is 7.89. The number of likely N-dealkylation sites (N-methyl/N-ethyl adjacent to an activating group) is 1. The van der Waals surface area contributed by atoms with Crippen molar-refractivity contribution < 1.29 is 27.2 Å². The molecule has 0 fully saturated rings. The van der Waals surface area contributed by atoms with Gasteiger partial charge in [0.1, 0.15) is 6.04 Å². The van der Waals surface area contributed by atoms with E-state index in [1.165, 1.54) is 31.5 Å². The van der Waals surface area contributed by atoms with Crippen LogP contribution in [0.1, 0.15) is 21.7 Å². The van der Waals surface area contributed by atoms with Crippen molar-refractivity contribution in [1.82, 2.24) is 20.5 Å². The molecule has 0 aliphatic heterocycles. The summed E-state index contributed by atoms with van der Waals surface area (Å²) in [6, 6.07) is 17.2. The fourth-order valence-corrected chi connectivity index (χ4v) is 4.26. The molecular weight excluding hydrogens is 472 g/mol. The van der Waals surface area contributed by atoms with Crippen LogP contribution in [0.15, 0.2) is 82.3 Å². The molecule has 1 unspecified atom stereocenters. The van der Waals surface area contributed by atoms with Crippen LogP contribution in [0.4, 0.5) is 0 Å². The van der Waals surface area contributed by atoms with Gasteiger partial charge in [-0.15, -0.1) is 0 Å². The van der Waals surface area contributed by atoms with Gasteiger partial charge in [-0.2, -0.15) is 4.31 Å². The number of hydrazine groups is 1. The van der Waals surface area contributed by atoms with Crippen molar-refractivity contribution in [3.05, 3.63) is 89.9 Å². The fraction of sp³-hybridized carbons (Fsp3) is 0.208. The molecule has 10 nitrogen and oxygen atoms in total. The molecule has 1 aromatic heterocycles. The van der Waals surface area contributed by atoms with Crippen molar-refractivity contribution in [3.63, 3.8) is 0 Å². The Morgan fingerprint density at radius 3 is 2.26 bits per heavy atom. The zero-order valence-corrected chi connectivity index (χ0v) is 20.0. The first-order chi connectivity index (χ1) is 16.7. The third-order valence-electron chi connectivity index (χ3n) is 5.07. The molecule has 3 amide bonds. The van der Waals surface area contributed by atoms with E-state index in [4.69, 9.17) is 4.42 Å². The minimum Gasteiger partial charge on any atom is -0.459 e. The number of furan rings is 1. The van der Waals surface area contributed by atoms with Crippen LogP contribution < -0.4 is 16.2 Å². The molecule has 2 aromatic carbocycles. The molecule has 0 bridgehead atoms. The predicted octanol–water partition coefficient (Wildman–Crippen LogP) is 1.40. The van der Waals surface area contributed by atoms with E-state index in [2.05, 4.69) is 16.2 Å². The second-order valence-corrected chi connectivity index (χ2v) is 9.85. The summed E-state index contributed by atoms with van der Waals surface area (Å²) in [6.07, 6.45) is 1.49. The van der Waals surface area contributed by atoms with E-state index in [0.29, 0.717) is 0 Å². The van der Waals surface area contributed by atoms with Crippen molar-refractivity contribution in [3.8, 4) is 0 Å². The van der Waals surface area contributed by atoms with Crippen molar-refractivity contribution in [2.75, 3.05) is 13.6 Å². The molecule has 0 radical (unpaired) electrons. The van der Waals surface area contributed by atoms with Crippen molar-refractivity contribution in [2.45, 2.75) is 24.3 Å². The molecule has 1 atom stereocenters. The second kappa shape index (κ2) is 11.4. The molecule has 35 heavy (non-hydrogen) atoms. The summed E-state index contributed by atoms with van der Waals surface area (Å²) < 4.78 is 31.3. The van der Waals surface area contributed by atoms with Crippen LogP contribution in [0.3, 0.4) is 0 Å². The Labute approximate surface area is 203 Å². The first-order valence-electron chi connectivity index (χ1n) is 10.7. The number of aryl methyl sites for hydroxylation is 1. The maximum Gasteiger partial charge on any atom is 0.287 e. The van der Waals surface area contributed by atoms with Gasteiger partial charge in [0.25, 0.3) is 17.7 Å². The molecule has 0 spiro atoms. The summed E-state index contributed by atoms with van der Waals surface area (Å²) in [6.45, 7) is 1.30. The Kier molecular flexibility index (Phi) is 8.39. The summed E-state index contributed by atoms with van der Waals surface area (Å²) in [5, 5.41) is 2.58. The Bertz CT molecular complexity index is 1260. The number of hydrogen-bond acceptors (Lipinski definition) is 6. The van der Waals surface area contributed by atoms with E-state index in [1.54, 1.807) is 42.5 Å². The van der Waals surface area contributed by atoms with Crippen LogP contribution in [-0.4, -0.2) is 50.1 Å². The van der Waals surface area contributed by atoms with Gasteiger partial charge < -0.3 is 9.73 Å². The third-order valence-corrected chi connectivity index (χ3v) is 6.89. The minimum atomic E-state index is -3.90. The van der Waals surface area contributed by atoms with Gasteiger partial charge in [-0.05, 0) is 36.8 Å². The Balaban J connectivity index is 1.61. The molecule has 3 rings (SSSR count). The first-order valence-corrected chi connectivity index (χ1v) is 12.1. The maximum absolute atomic E-state index is 12.8. The van der Waals surface area contributed by atoms with E-state index < -0.39 is 40.3 Å². The summed E-state index contributed by atoms with van der Waals surface area (Å²) in [5.41, 5.74) is 6.13. The van der Waals surface area contributed by atoms with Crippen LogP contribution in [0.5, 0.6) is 0 Å². The van der Waals surface area contributed by atoms with E-state index in [1.807, 2.05) is 13.0 Å². The van der Waals surface area contributed by atoms with Gasteiger partial charge in [-0.1, -0.05) is 48.0 Å². The lowest BCUT2D eigenvalue weighted by Gasteiger charge is -2.20. The normalized spacial score (nSPS) is 12.1. The number of rotatable bonds is 9.